The molecule has 2 N–H and O–H groups in total. The van der Waals surface area contributed by atoms with Crippen molar-refractivity contribution in [3.63, 3.8) is 0 Å². The summed E-state index contributed by atoms with van der Waals surface area (Å²) in [6, 6.07) is 16.6. The van der Waals surface area contributed by atoms with Crippen LogP contribution >= 0.6 is 0 Å². The van der Waals surface area contributed by atoms with Gasteiger partial charge in [-0.25, -0.2) is 4.79 Å². The Morgan fingerprint density at radius 3 is 2.33 bits per heavy atom. The van der Waals surface area contributed by atoms with Crippen LogP contribution in [0.25, 0.3) is 0 Å². The first-order valence-electron chi connectivity index (χ1n) is 7.95. The SMILES string of the molecule is CCOC(=O)c1ccc(NCC(=O)NC(C)c2ccccc2)cc1. The zero-order chi connectivity index (χ0) is 17.4. The molecule has 0 aliphatic carbocycles. The number of carbonyl (C=O) groups is 2. The lowest BCUT2D eigenvalue weighted by atomic mass is 10.1. The van der Waals surface area contributed by atoms with E-state index >= 15 is 0 Å². The summed E-state index contributed by atoms with van der Waals surface area (Å²) in [5, 5.41) is 5.97. The molecule has 2 rings (SSSR count). The summed E-state index contributed by atoms with van der Waals surface area (Å²) >= 11 is 0. The second kappa shape index (κ2) is 8.72. The first-order chi connectivity index (χ1) is 11.6. The van der Waals surface area contributed by atoms with Crippen molar-refractivity contribution in [1.29, 1.82) is 0 Å². The number of amides is 1. The average Bonchev–Trinajstić information content (AvgIpc) is 2.61. The maximum atomic E-state index is 12.0. The molecule has 0 bridgehead atoms. The van der Waals surface area contributed by atoms with E-state index in [0.717, 1.165) is 11.3 Å². The van der Waals surface area contributed by atoms with Gasteiger partial charge in [0.25, 0.3) is 0 Å². The molecule has 0 aliphatic heterocycles. The summed E-state index contributed by atoms with van der Waals surface area (Å²) in [5.74, 6) is -0.445. The van der Waals surface area contributed by atoms with Crippen LogP contribution in [0.4, 0.5) is 5.69 Å². The van der Waals surface area contributed by atoms with Crippen LogP contribution in [0.3, 0.4) is 0 Å². The normalized spacial score (nSPS) is 11.4. The highest BCUT2D eigenvalue weighted by Crippen LogP contribution is 2.12. The fraction of sp³-hybridized carbons (Fsp3) is 0.263. The van der Waals surface area contributed by atoms with Gasteiger partial charge >= 0.3 is 5.97 Å². The topological polar surface area (TPSA) is 67.4 Å². The number of benzene rings is 2. The van der Waals surface area contributed by atoms with E-state index in [1.54, 1.807) is 31.2 Å². The van der Waals surface area contributed by atoms with Crippen molar-refractivity contribution in [3.05, 3.63) is 65.7 Å². The Bertz CT molecular complexity index is 669. The number of hydrogen-bond donors (Lipinski definition) is 2. The number of carbonyl (C=O) groups excluding carboxylic acids is 2. The Balaban J connectivity index is 1.82. The molecule has 0 saturated heterocycles. The molecule has 2 aromatic rings. The fourth-order valence-electron chi connectivity index (χ4n) is 2.24. The Hall–Kier alpha value is -2.82. The summed E-state index contributed by atoms with van der Waals surface area (Å²) in [6.45, 7) is 4.22. The van der Waals surface area contributed by atoms with E-state index in [4.69, 9.17) is 4.74 Å². The summed E-state index contributed by atoms with van der Waals surface area (Å²) in [6.07, 6.45) is 0. The Labute approximate surface area is 142 Å². The van der Waals surface area contributed by atoms with E-state index in [-0.39, 0.29) is 24.5 Å². The summed E-state index contributed by atoms with van der Waals surface area (Å²) in [7, 11) is 0. The summed E-state index contributed by atoms with van der Waals surface area (Å²) in [5.41, 5.74) is 2.32. The fourth-order valence-corrected chi connectivity index (χ4v) is 2.24. The highest BCUT2D eigenvalue weighted by atomic mass is 16.5. The maximum Gasteiger partial charge on any atom is 0.338 e. The van der Waals surface area contributed by atoms with Crippen LogP contribution < -0.4 is 10.6 Å². The third kappa shape index (κ3) is 5.12. The van der Waals surface area contributed by atoms with Crippen molar-refractivity contribution in [1.82, 2.24) is 5.32 Å². The molecule has 1 amide bonds. The molecule has 5 heteroatoms. The highest BCUT2D eigenvalue weighted by molar-refractivity contribution is 5.90. The Kier molecular flexibility index (Phi) is 6.37. The monoisotopic (exact) mass is 326 g/mol. The minimum Gasteiger partial charge on any atom is -0.462 e. The lowest BCUT2D eigenvalue weighted by Crippen LogP contribution is -2.32. The van der Waals surface area contributed by atoms with E-state index in [1.807, 2.05) is 37.3 Å². The van der Waals surface area contributed by atoms with Crippen LogP contribution in [0.5, 0.6) is 0 Å². The van der Waals surface area contributed by atoms with Gasteiger partial charge in [-0.05, 0) is 43.7 Å². The smallest absolute Gasteiger partial charge is 0.338 e. The van der Waals surface area contributed by atoms with Gasteiger partial charge in [0.2, 0.25) is 5.91 Å². The van der Waals surface area contributed by atoms with Crippen molar-refractivity contribution < 1.29 is 14.3 Å². The summed E-state index contributed by atoms with van der Waals surface area (Å²) < 4.78 is 4.93. The van der Waals surface area contributed by atoms with Crippen LogP contribution in [-0.4, -0.2) is 25.0 Å². The van der Waals surface area contributed by atoms with Gasteiger partial charge in [-0.15, -0.1) is 0 Å². The van der Waals surface area contributed by atoms with Crippen LogP contribution in [0, 0.1) is 0 Å². The van der Waals surface area contributed by atoms with Crippen LogP contribution in [0.15, 0.2) is 54.6 Å². The van der Waals surface area contributed by atoms with E-state index in [9.17, 15) is 9.59 Å². The number of nitrogens with one attached hydrogen (secondary N) is 2. The van der Waals surface area contributed by atoms with Crippen molar-refractivity contribution in [2.45, 2.75) is 19.9 Å². The molecule has 1 atom stereocenters. The highest BCUT2D eigenvalue weighted by Gasteiger charge is 2.09. The van der Waals surface area contributed by atoms with Gasteiger partial charge in [0.05, 0.1) is 24.8 Å². The van der Waals surface area contributed by atoms with E-state index in [0.29, 0.717) is 12.2 Å². The first kappa shape index (κ1) is 17.5. The molecular formula is C19H22N2O3. The van der Waals surface area contributed by atoms with Gasteiger partial charge in [-0.2, -0.15) is 0 Å². The lowest BCUT2D eigenvalue weighted by molar-refractivity contribution is -0.120. The van der Waals surface area contributed by atoms with Gasteiger partial charge in [-0.1, -0.05) is 30.3 Å². The lowest BCUT2D eigenvalue weighted by Gasteiger charge is -2.15. The second-order valence-corrected chi connectivity index (χ2v) is 5.35. The van der Waals surface area contributed by atoms with E-state index in [1.165, 1.54) is 0 Å². The molecule has 1 unspecified atom stereocenters. The van der Waals surface area contributed by atoms with E-state index < -0.39 is 0 Å². The maximum absolute atomic E-state index is 12.0. The number of esters is 1. The molecule has 0 radical (unpaired) electrons. The molecule has 0 fully saturated rings. The van der Waals surface area contributed by atoms with Gasteiger partial charge in [-0.3, -0.25) is 4.79 Å². The molecule has 0 saturated carbocycles. The molecule has 126 valence electrons. The molecule has 5 nitrogen and oxygen atoms in total. The number of rotatable bonds is 7. The molecule has 0 aromatic heterocycles. The number of hydrogen-bond acceptors (Lipinski definition) is 4. The van der Waals surface area contributed by atoms with Crippen LogP contribution in [-0.2, 0) is 9.53 Å². The Morgan fingerprint density at radius 1 is 1.04 bits per heavy atom. The van der Waals surface area contributed by atoms with Gasteiger partial charge < -0.3 is 15.4 Å². The third-order valence-corrected chi connectivity index (χ3v) is 3.53. The zero-order valence-corrected chi connectivity index (χ0v) is 13.9. The van der Waals surface area contributed by atoms with Crippen molar-refractivity contribution >= 4 is 17.6 Å². The van der Waals surface area contributed by atoms with E-state index in [2.05, 4.69) is 10.6 Å². The van der Waals surface area contributed by atoms with Crippen molar-refractivity contribution in [2.75, 3.05) is 18.5 Å². The molecule has 0 heterocycles. The number of ether oxygens (including phenoxy) is 1. The van der Waals surface area contributed by atoms with Gasteiger partial charge in [0, 0.05) is 5.69 Å². The average molecular weight is 326 g/mol. The minimum absolute atomic E-state index is 0.0494. The van der Waals surface area contributed by atoms with Crippen molar-refractivity contribution in [3.8, 4) is 0 Å². The molecular weight excluding hydrogens is 304 g/mol. The van der Waals surface area contributed by atoms with Gasteiger partial charge in [0.15, 0.2) is 0 Å². The van der Waals surface area contributed by atoms with Crippen LogP contribution in [0.2, 0.25) is 0 Å². The quantitative estimate of drug-likeness (QED) is 0.767. The predicted molar refractivity (Wildman–Crippen MR) is 93.9 cm³/mol. The predicted octanol–water partition coefficient (Wildman–Crippen LogP) is 3.15. The molecule has 0 spiro atoms. The van der Waals surface area contributed by atoms with Crippen molar-refractivity contribution in [2.24, 2.45) is 0 Å². The molecule has 24 heavy (non-hydrogen) atoms. The summed E-state index contributed by atoms with van der Waals surface area (Å²) in [4.78, 5) is 23.6. The number of anilines is 1. The van der Waals surface area contributed by atoms with Gasteiger partial charge in [0.1, 0.15) is 0 Å². The largest absolute Gasteiger partial charge is 0.462 e. The Morgan fingerprint density at radius 2 is 1.71 bits per heavy atom. The molecule has 2 aromatic carbocycles. The standard InChI is InChI=1S/C19H22N2O3/c1-3-24-19(23)16-9-11-17(12-10-16)20-13-18(22)21-14(2)15-7-5-4-6-8-15/h4-12,14,20H,3,13H2,1-2H3,(H,21,22). The third-order valence-electron chi connectivity index (χ3n) is 3.53. The first-order valence-corrected chi connectivity index (χ1v) is 7.95. The zero-order valence-electron chi connectivity index (χ0n) is 13.9. The molecule has 0 aliphatic rings. The minimum atomic E-state index is -0.349. The van der Waals surface area contributed by atoms with Crippen LogP contribution in [0.1, 0.15) is 35.8 Å². The second-order valence-electron chi connectivity index (χ2n) is 5.35.